The molecule has 156 valence electrons. The summed E-state index contributed by atoms with van der Waals surface area (Å²) in [4.78, 5) is 20.5. The molecule has 4 rings (SSSR count). The molecule has 1 amide bonds. The number of hydrogen-bond acceptors (Lipinski definition) is 5. The minimum Gasteiger partial charge on any atom is -0.493 e. The average Bonchev–Trinajstić information content (AvgIpc) is 3.40. The standard InChI is InChI=1S/C23H23FN2O3S/c1-14-21(30-22(25-14)16-8-11-19(28-2)20(13-16)29-3)23(27)26-12-4-5-18(26)15-6-9-17(24)10-7-15/h6-11,13,18H,4-5,12H2,1-3H3. The van der Waals surface area contributed by atoms with Crippen molar-refractivity contribution in [3.05, 3.63) is 64.4 Å². The van der Waals surface area contributed by atoms with Gasteiger partial charge in [0.2, 0.25) is 0 Å². The first kappa shape index (κ1) is 20.3. The van der Waals surface area contributed by atoms with Crippen molar-refractivity contribution >= 4 is 17.2 Å². The van der Waals surface area contributed by atoms with E-state index in [1.54, 1.807) is 26.4 Å². The number of aromatic nitrogens is 1. The van der Waals surface area contributed by atoms with Crippen LogP contribution < -0.4 is 9.47 Å². The highest BCUT2D eigenvalue weighted by molar-refractivity contribution is 7.17. The Morgan fingerprint density at radius 3 is 2.57 bits per heavy atom. The second-order valence-electron chi connectivity index (χ2n) is 7.21. The molecule has 1 saturated heterocycles. The van der Waals surface area contributed by atoms with Crippen LogP contribution in [0.4, 0.5) is 4.39 Å². The Bertz CT molecular complexity index is 1060. The van der Waals surface area contributed by atoms with Crippen molar-refractivity contribution in [3.8, 4) is 22.1 Å². The smallest absolute Gasteiger partial charge is 0.266 e. The number of rotatable bonds is 5. The summed E-state index contributed by atoms with van der Waals surface area (Å²) in [7, 11) is 3.18. The molecule has 7 heteroatoms. The van der Waals surface area contributed by atoms with Crippen molar-refractivity contribution in [2.45, 2.75) is 25.8 Å². The van der Waals surface area contributed by atoms with Gasteiger partial charge in [-0.3, -0.25) is 4.79 Å². The third-order valence-corrected chi connectivity index (χ3v) is 6.58. The van der Waals surface area contributed by atoms with Crippen molar-refractivity contribution in [2.75, 3.05) is 20.8 Å². The summed E-state index contributed by atoms with van der Waals surface area (Å²) in [5.74, 6) is 0.965. The zero-order valence-corrected chi connectivity index (χ0v) is 18.0. The van der Waals surface area contributed by atoms with Gasteiger partial charge in [0.1, 0.15) is 15.7 Å². The first-order valence-corrected chi connectivity index (χ1v) is 10.6. The quantitative estimate of drug-likeness (QED) is 0.559. The minimum absolute atomic E-state index is 0.0245. The van der Waals surface area contributed by atoms with E-state index in [9.17, 15) is 9.18 Å². The van der Waals surface area contributed by atoms with Crippen molar-refractivity contribution in [1.29, 1.82) is 0 Å². The van der Waals surface area contributed by atoms with Crippen molar-refractivity contribution < 1.29 is 18.7 Å². The molecule has 0 saturated carbocycles. The van der Waals surface area contributed by atoms with Crippen molar-refractivity contribution in [2.24, 2.45) is 0 Å². The molecule has 2 heterocycles. The van der Waals surface area contributed by atoms with Crippen LogP contribution in [0.15, 0.2) is 42.5 Å². The number of nitrogens with zero attached hydrogens (tertiary/aromatic N) is 2. The van der Waals surface area contributed by atoms with Crippen LogP contribution in [0.3, 0.4) is 0 Å². The molecule has 0 N–H and O–H groups in total. The molecule has 1 fully saturated rings. The Hall–Kier alpha value is -2.93. The van der Waals surface area contributed by atoms with Gasteiger partial charge in [0.15, 0.2) is 11.5 Å². The third-order valence-electron chi connectivity index (χ3n) is 5.39. The Kier molecular flexibility index (Phi) is 5.72. The summed E-state index contributed by atoms with van der Waals surface area (Å²) in [6.45, 7) is 2.54. The normalized spacial score (nSPS) is 16.0. The van der Waals surface area contributed by atoms with E-state index in [0.29, 0.717) is 28.6 Å². The van der Waals surface area contributed by atoms with Crippen LogP contribution in [0.2, 0.25) is 0 Å². The molecule has 1 unspecified atom stereocenters. The third kappa shape index (κ3) is 3.77. The number of amides is 1. The zero-order valence-electron chi connectivity index (χ0n) is 17.1. The number of carbonyl (C=O) groups is 1. The van der Waals surface area contributed by atoms with Gasteiger partial charge in [-0.1, -0.05) is 12.1 Å². The van der Waals surface area contributed by atoms with Crippen LogP contribution in [-0.4, -0.2) is 36.6 Å². The molecule has 1 atom stereocenters. The second kappa shape index (κ2) is 8.44. The van der Waals surface area contributed by atoms with E-state index in [4.69, 9.17) is 9.47 Å². The molecule has 0 spiro atoms. The van der Waals surface area contributed by atoms with E-state index in [1.807, 2.05) is 30.0 Å². The fraction of sp³-hybridized carbons (Fsp3) is 0.304. The van der Waals surface area contributed by atoms with Crippen LogP contribution in [-0.2, 0) is 0 Å². The average molecular weight is 427 g/mol. The van der Waals surface area contributed by atoms with Crippen LogP contribution in [0, 0.1) is 12.7 Å². The van der Waals surface area contributed by atoms with Crippen LogP contribution in [0.5, 0.6) is 11.5 Å². The van der Waals surface area contributed by atoms with E-state index in [0.717, 1.165) is 29.0 Å². The maximum absolute atomic E-state index is 13.4. The molecule has 0 radical (unpaired) electrons. The van der Waals surface area contributed by atoms with Gasteiger partial charge >= 0.3 is 0 Å². The number of hydrogen-bond donors (Lipinski definition) is 0. The molecule has 1 aliphatic rings. The number of halogens is 1. The van der Waals surface area contributed by atoms with Gasteiger partial charge in [0.05, 0.1) is 26.0 Å². The molecular weight excluding hydrogens is 403 g/mol. The molecule has 30 heavy (non-hydrogen) atoms. The maximum atomic E-state index is 13.4. The summed E-state index contributed by atoms with van der Waals surface area (Å²) in [5, 5.41) is 0.759. The molecule has 1 aromatic heterocycles. The summed E-state index contributed by atoms with van der Waals surface area (Å²) >= 11 is 1.38. The summed E-state index contributed by atoms with van der Waals surface area (Å²) < 4.78 is 24.0. The van der Waals surface area contributed by atoms with Crippen molar-refractivity contribution in [3.63, 3.8) is 0 Å². The largest absolute Gasteiger partial charge is 0.493 e. The van der Waals surface area contributed by atoms with Gasteiger partial charge in [0, 0.05) is 12.1 Å². The summed E-state index contributed by atoms with van der Waals surface area (Å²) in [5.41, 5.74) is 2.54. The Balaban J connectivity index is 1.62. The molecule has 0 bridgehead atoms. The molecule has 2 aromatic carbocycles. The highest BCUT2D eigenvalue weighted by Crippen LogP contribution is 2.38. The van der Waals surface area contributed by atoms with Crippen molar-refractivity contribution in [1.82, 2.24) is 9.88 Å². The van der Waals surface area contributed by atoms with E-state index < -0.39 is 0 Å². The minimum atomic E-state index is -0.271. The monoisotopic (exact) mass is 426 g/mol. The number of thiazole rings is 1. The Morgan fingerprint density at radius 2 is 1.87 bits per heavy atom. The lowest BCUT2D eigenvalue weighted by molar-refractivity contribution is 0.0739. The van der Waals surface area contributed by atoms with Gasteiger partial charge in [-0.25, -0.2) is 9.37 Å². The predicted octanol–water partition coefficient (Wildman–Crippen LogP) is 5.25. The Morgan fingerprint density at radius 1 is 1.13 bits per heavy atom. The number of ether oxygens (including phenoxy) is 2. The second-order valence-corrected chi connectivity index (χ2v) is 8.21. The van der Waals surface area contributed by atoms with Gasteiger partial charge < -0.3 is 14.4 Å². The lowest BCUT2D eigenvalue weighted by Gasteiger charge is -2.24. The van der Waals surface area contributed by atoms with Gasteiger partial charge in [0.25, 0.3) is 5.91 Å². The van der Waals surface area contributed by atoms with E-state index in [2.05, 4.69) is 4.98 Å². The van der Waals surface area contributed by atoms with Crippen LogP contribution in [0.25, 0.3) is 10.6 Å². The number of aryl methyl sites for hydroxylation is 1. The molecular formula is C23H23FN2O3S. The molecule has 0 aliphatic carbocycles. The molecule has 5 nitrogen and oxygen atoms in total. The summed E-state index contributed by atoms with van der Waals surface area (Å²) in [6.07, 6.45) is 1.80. The van der Waals surface area contributed by atoms with E-state index in [-0.39, 0.29) is 17.8 Å². The predicted molar refractivity (Wildman–Crippen MR) is 115 cm³/mol. The number of likely N-dealkylation sites (tertiary alicyclic amines) is 1. The highest BCUT2D eigenvalue weighted by Gasteiger charge is 2.32. The fourth-order valence-corrected chi connectivity index (χ4v) is 4.88. The van der Waals surface area contributed by atoms with Gasteiger partial charge in [-0.05, 0) is 55.7 Å². The van der Waals surface area contributed by atoms with Gasteiger partial charge in [-0.15, -0.1) is 11.3 Å². The maximum Gasteiger partial charge on any atom is 0.266 e. The highest BCUT2D eigenvalue weighted by atomic mass is 32.1. The number of carbonyl (C=O) groups excluding carboxylic acids is 1. The fourth-order valence-electron chi connectivity index (χ4n) is 3.86. The van der Waals surface area contributed by atoms with E-state index >= 15 is 0 Å². The topological polar surface area (TPSA) is 51.7 Å². The van der Waals surface area contributed by atoms with Crippen LogP contribution in [0.1, 0.15) is 39.8 Å². The number of benzene rings is 2. The molecule has 3 aromatic rings. The lowest BCUT2D eigenvalue weighted by Crippen LogP contribution is -2.30. The summed E-state index contributed by atoms with van der Waals surface area (Å²) in [6, 6.07) is 12.0. The zero-order chi connectivity index (χ0) is 21.3. The van der Waals surface area contributed by atoms with E-state index in [1.165, 1.54) is 23.5 Å². The number of methoxy groups -OCH3 is 2. The van der Waals surface area contributed by atoms with Gasteiger partial charge in [-0.2, -0.15) is 0 Å². The Labute approximate surface area is 179 Å². The lowest BCUT2D eigenvalue weighted by atomic mass is 10.0. The van der Waals surface area contributed by atoms with Crippen LogP contribution >= 0.6 is 11.3 Å². The molecule has 1 aliphatic heterocycles. The first-order chi connectivity index (χ1) is 14.5. The SMILES string of the molecule is COc1ccc(-c2nc(C)c(C(=O)N3CCCC3c3ccc(F)cc3)s2)cc1OC. The first-order valence-electron chi connectivity index (χ1n) is 9.78.